The van der Waals surface area contributed by atoms with Crippen LogP contribution in [-0.4, -0.2) is 23.5 Å². The maximum atomic E-state index is 11.6. The van der Waals surface area contributed by atoms with Crippen LogP contribution in [0.2, 0.25) is 0 Å². The molecule has 1 aromatic carbocycles. The molecule has 3 nitrogen and oxygen atoms in total. The van der Waals surface area contributed by atoms with Crippen LogP contribution < -0.4 is 0 Å². The van der Waals surface area contributed by atoms with Crippen LogP contribution >= 0.6 is 23.3 Å². The van der Waals surface area contributed by atoms with Gasteiger partial charge < -0.3 is 4.89 Å². The molecule has 0 aliphatic rings. The lowest BCUT2D eigenvalue weighted by Crippen LogP contribution is -2.02. The minimum Gasteiger partial charge on any atom is -0.344 e. The van der Waals surface area contributed by atoms with Crippen LogP contribution in [0.5, 0.6) is 0 Å². The SMILES string of the molecule is CP(=O)(O)CCC(=O)c1ccc(Br)cc1. The Hall–Kier alpha value is -0.440. The molecule has 0 bridgehead atoms. The second-order valence-electron chi connectivity index (χ2n) is 3.45. The van der Waals surface area contributed by atoms with Crippen molar-refractivity contribution < 1.29 is 14.3 Å². The lowest BCUT2D eigenvalue weighted by molar-refractivity contribution is 0.0988. The van der Waals surface area contributed by atoms with Crippen molar-refractivity contribution in [3.05, 3.63) is 34.3 Å². The van der Waals surface area contributed by atoms with Crippen molar-refractivity contribution in [1.82, 2.24) is 0 Å². The molecule has 1 aromatic rings. The summed E-state index contributed by atoms with van der Waals surface area (Å²) in [4.78, 5) is 20.6. The summed E-state index contributed by atoms with van der Waals surface area (Å²) in [5.41, 5.74) is 0.576. The quantitative estimate of drug-likeness (QED) is 0.685. The van der Waals surface area contributed by atoms with Gasteiger partial charge in [-0.25, -0.2) is 0 Å². The van der Waals surface area contributed by atoms with Gasteiger partial charge in [0.25, 0.3) is 0 Å². The first-order valence-electron chi connectivity index (χ1n) is 4.46. The maximum absolute atomic E-state index is 11.6. The summed E-state index contributed by atoms with van der Waals surface area (Å²) in [5.74, 6) is -0.0985. The van der Waals surface area contributed by atoms with Crippen molar-refractivity contribution in [1.29, 1.82) is 0 Å². The summed E-state index contributed by atoms with van der Waals surface area (Å²) in [6.07, 6.45) is 0.161. The zero-order valence-corrected chi connectivity index (χ0v) is 10.8. The highest BCUT2D eigenvalue weighted by Crippen LogP contribution is 2.35. The molecule has 0 aliphatic carbocycles. The van der Waals surface area contributed by atoms with Gasteiger partial charge in [-0.3, -0.25) is 9.36 Å². The van der Waals surface area contributed by atoms with Crippen LogP contribution in [0.3, 0.4) is 0 Å². The highest BCUT2D eigenvalue weighted by molar-refractivity contribution is 9.10. The molecule has 0 saturated carbocycles. The molecule has 0 radical (unpaired) electrons. The van der Waals surface area contributed by atoms with E-state index < -0.39 is 7.37 Å². The van der Waals surface area contributed by atoms with Crippen LogP contribution in [0.4, 0.5) is 0 Å². The van der Waals surface area contributed by atoms with E-state index in [-0.39, 0.29) is 18.4 Å². The molecule has 5 heteroatoms. The van der Waals surface area contributed by atoms with E-state index in [0.29, 0.717) is 5.56 Å². The number of hydrogen-bond donors (Lipinski definition) is 1. The standard InChI is InChI=1S/C10H12BrO3P/c1-15(13,14)7-6-10(12)8-2-4-9(11)5-3-8/h2-5H,6-7H2,1H3,(H,13,14). The minimum absolute atomic E-state index is 0.0435. The van der Waals surface area contributed by atoms with Gasteiger partial charge in [-0.05, 0) is 12.1 Å². The summed E-state index contributed by atoms with van der Waals surface area (Å²) in [7, 11) is -3.08. The number of carbonyl (C=O) groups excluding carboxylic acids is 1. The third-order valence-corrected chi connectivity index (χ3v) is 3.50. The van der Waals surface area contributed by atoms with Gasteiger partial charge in [0.15, 0.2) is 13.2 Å². The molecule has 0 spiro atoms. The molecule has 82 valence electrons. The maximum Gasteiger partial charge on any atom is 0.198 e. The molecule has 0 heterocycles. The number of Topliss-reactive ketones (excluding diaryl/α,β-unsaturated/α-hetero) is 1. The monoisotopic (exact) mass is 290 g/mol. The predicted octanol–water partition coefficient (Wildman–Crippen LogP) is 2.92. The highest BCUT2D eigenvalue weighted by atomic mass is 79.9. The zero-order chi connectivity index (χ0) is 11.5. The third-order valence-electron chi connectivity index (χ3n) is 1.92. The average Bonchev–Trinajstić information content (AvgIpc) is 2.14. The van der Waals surface area contributed by atoms with E-state index in [4.69, 9.17) is 4.89 Å². The Morgan fingerprint density at radius 3 is 2.40 bits per heavy atom. The van der Waals surface area contributed by atoms with E-state index in [1.54, 1.807) is 24.3 Å². The van der Waals surface area contributed by atoms with Gasteiger partial charge in [0.1, 0.15) is 0 Å². The number of carbonyl (C=O) groups is 1. The van der Waals surface area contributed by atoms with E-state index in [2.05, 4.69) is 15.9 Å². The lowest BCUT2D eigenvalue weighted by Gasteiger charge is -2.04. The first-order chi connectivity index (χ1) is 6.88. The number of hydrogen-bond acceptors (Lipinski definition) is 2. The van der Waals surface area contributed by atoms with Crippen LogP contribution in [0.25, 0.3) is 0 Å². The number of halogens is 1. The second kappa shape index (κ2) is 5.06. The van der Waals surface area contributed by atoms with Gasteiger partial charge in [-0.15, -0.1) is 0 Å². The van der Waals surface area contributed by atoms with E-state index in [0.717, 1.165) is 4.47 Å². The number of rotatable bonds is 4. The first kappa shape index (κ1) is 12.6. The predicted molar refractivity (Wildman–Crippen MR) is 63.7 cm³/mol. The van der Waals surface area contributed by atoms with Crippen molar-refractivity contribution in [3.63, 3.8) is 0 Å². The highest BCUT2D eigenvalue weighted by Gasteiger charge is 2.13. The Kier molecular flexibility index (Phi) is 4.26. The Morgan fingerprint density at radius 1 is 1.40 bits per heavy atom. The average molecular weight is 291 g/mol. The smallest absolute Gasteiger partial charge is 0.198 e. The molecule has 0 fully saturated rings. The zero-order valence-electron chi connectivity index (χ0n) is 8.31. The van der Waals surface area contributed by atoms with Crippen molar-refractivity contribution in [3.8, 4) is 0 Å². The normalized spacial score (nSPS) is 14.6. The molecule has 15 heavy (non-hydrogen) atoms. The Labute approximate surface area is 97.1 Å². The van der Waals surface area contributed by atoms with Crippen molar-refractivity contribution in [2.24, 2.45) is 0 Å². The van der Waals surface area contributed by atoms with E-state index in [1.807, 2.05) is 0 Å². The van der Waals surface area contributed by atoms with Gasteiger partial charge in [0.05, 0.1) is 0 Å². The molecule has 1 N–H and O–H groups in total. The van der Waals surface area contributed by atoms with Crippen LogP contribution in [-0.2, 0) is 4.57 Å². The van der Waals surface area contributed by atoms with Crippen molar-refractivity contribution in [2.75, 3.05) is 12.8 Å². The molecule has 1 unspecified atom stereocenters. The van der Waals surface area contributed by atoms with Crippen LogP contribution in [0, 0.1) is 0 Å². The largest absolute Gasteiger partial charge is 0.344 e. The van der Waals surface area contributed by atoms with Crippen molar-refractivity contribution >= 4 is 29.1 Å². The molecule has 0 aromatic heterocycles. The molecule has 0 saturated heterocycles. The van der Waals surface area contributed by atoms with Crippen LogP contribution in [0.15, 0.2) is 28.7 Å². The molecule has 1 atom stereocenters. The van der Waals surface area contributed by atoms with E-state index in [9.17, 15) is 9.36 Å². The first-order valence-corrected chi connectivity index (χ1v) is 7.55. The van der Waals surface area contributed by atoms with Crippen LogP contribution in [0.1, 0.15) is 16.8 Å². The summed E-state index contributed by atoms with van der Waals surface area (Å²) in [5, 5.41) is 0. The Morgan fingerprint density at radius 2 is 1.93 bits per heavy atom. The summed E-state index contributed by atoms with van der Waals surface area (Å²) < 4.78 is 11.9. The molecular formula is C10H12BrO3P. The van der Waals surface area contributed by atoms with E-state index in [1.165, 1.54) is 6.66 Å². The third kappa shape index (κ3) is 4.74. The van der Waals surface area contributed by atoms with Gasteiger partial charge in [-0.1, -0.05) is 28.1 Å². The summed E-state index contributed by atoms with van der Waals surface area (Å²) in [6.45, 7) is 1.27. The molecular weight excluding hydrogens is 279 g/mol. The fourth-order valence-corrected chi connectivity index (χ4v) is 1.97. The van der Waals surface area contributed by atoms with E-state index >= 15 is 0 Å². The van der Waals surface area contributed by atoms with Gasteiger partial charge >= 0.3 is 0 Å². The minimum atomic E-state index is -3.08. The fraction of sp³-hybridized carbons (Fsp3) is 0.300. The fourth-order valence-electron chi connectivity index (χ4n) is 1.09. The summed E-state index contributed by atoms with van der Waals surface area (Å²) >= 11 is 3.27. The molecule has 0 amide bonds. The topological polar surface area (TPSA) is 54.4 Å². The Balaban J connectivity index is 2.62. The van der Waals surface area contributed by atoms with Gasteiger partial charge in [-0.2, -0.15) is 0 Å². The van der Waals surface area contributed by atoms with Gasteiger partial charge in [0.2, 0.25) is 0 Å². The molecule has 1 rings (SSSR count). The molecule has 0 aliphatic heterocycles. The lowest BCUT2D eigenvalue weighted by atomic mass is 10.1. The second-order valence-corrected chi connectivity index (χ2v) is 6.92. The van der Waals surface area contributed by atoms with Gasteiger partial charge in [0, 0.05) is 29.3 Å². The summed E-state index contributed by atoms with van der Waals surface area (Å²) in [6, 6.07) is 6.95. The van der Waals surface area contributed by atoms with Crippen molar-refractivity contribution in [2.45, 2.75) is 6.42 Å². The number of ketones is 1. The Bertz CT molecular complexity index is 394. The number of benzene rings is 1.